The molecule has 0 spiro atoms. The molecule has 0 aromatic rings. The Balaban J connectivity index is 2.91. The average Bonchev–Trinajstić information content (AvgIpc) is 1.83. The third-order valence-corrected chi connectivity index (χ3v) is 5.18. The van der Waals surface area contributed by atoms with Gasteiger partial charge in [0.25, 0.3) is 4.86 Å². The molecule has 0 aliphatic carbocycles. The fraction of sp³-hybridized carbons (Fsp3) is 0.750. The number of carbonyl (C=O) groups is 1. The topological polar surface area (TPSA) is 60.4 Å². The number of rotatable bonds is 0. The van der Waals surface area contributed by atoms with Crippen LogP contribution in [0.1, 0.15) is 0 Å². The maximum Gasteiger partial charge on any atom is 0.335 e. The summed E-state index contributed by atoms with van der Waals surface area (Å²) in [5.41, 5.74) is 0. The van der Waals surface area contributed by atoms with E-state index in [-0.39, 0.29) is 6.61 Å². The molecule has 1 atom stereocenters. The van der Waals surface area contributed by atoms with Gasteiger partial charge in [0.15, 0.2) is 0 Å². The van der Waals surface area contributed by atoms with Gasteiger partial charge >= 0.3 is 10.1 Å². The summed E-state index contributed by atoms with van der Waals surface area (Å²) in [6, 6.07) is 0. The monoisotopic (exact) mass is 182 g/mol. The first-order valence-corrected chi connectivity index (χ1v) is 6.07. The van der Waals surface area contributed by atoms with Crippen LogP contribution in [0.25, 0.3) is 0 Å². The maximum atomic E-state index is 10.8. The van der Waals surface area contributed by atoms with Crippen LogP contribution < -0.4 is 0 Å². The van der Waals surface area contributed by atoms with Crippen LogP contribution in [0.4, 0.5) is 4.79 Å². The Morgan fingerprint density at radius 2 is 2.20 bits per heavy atom. The lowest BCUT2D eigenvalue weighted by Gasteiger charge is -2.15. The Labute approximate surface area is 60.4 Å². The average molecular weight is 182 g/mol. The van der Waals surface area contributed by atoms with Crippen molar-refractivity contribution in [2.45, 2.75) is 0 Å². The van der Waals surface area contributed by atoms with Crippen LogP contribution in [0.5, 0.6) is 0 Å². The molecule has 1 heterocycles. The molecule has 0 bridgehead atoms. The van der Waals surface area contributed by atoms with Crippen molar-refractivity contribution < 1.29 is 17.4 Å². The smallest absolute Gasteiger partial charge is 0.274 e. The van der Waals surface area contributed by atoms with Gasteiger partial charge in [0.2, 0.25) is 0 Å². The van der Waals surface area contributed by atoms with Crippen molar-refractivity contribution in [3.8, 4) is 0 Å². The van der Waals surface area contributed by atoms with Crippen molar-refractivity contribution in [3.05, 3.63) is 0 Å². The summed E-state index contributed by atoms with van der Waals surface area (Å²) in [5, 5.41) is 0. The van der Waals surface area contributed by atoms with Gasteiger partial charge in [-0.2, -0.15) is 8.42 Å². The summed E-state index contributed by atoms with van der Waals surface area (Å²) in [5.74, 6) is 0. The highest BCUT2D eigenvalue weighted by Crippen LogP contribution is 2.38. The molecule has 58 valence electrons. The van der Waals surface area contributed by atoms with Crippen LogP contribution in [-0.2, 0) is 14.3 Å². The zero-order chi connectivity index (χ0) is 7.78. The van der Waals surface area contributed by atoms with Gasteiger partial charge in [-0.05, 0) is 14.6 Å². The van der Waals surface area contributed by atoms with Crippen LogP contribution in [0.2, 0.25) is 0 Å². The van der Waals surface area contributed by atoms with E-state index in [1.807, 2.05) is 0 Å². The Bertz CT molecular complexity index is 244. The molecule has 10 heavy (non-hydrogen) atoms. The Kier molecular flexibility index (Phi) is 2.08. The van der Waals surface area contributed by atoms with Crippen LogP contribution in [0.3, 0.4) is 0 Å². The van der Waals surface area contributed by atoms with Gasteiger partial charge in [-0.3, -0.25) is 8.98 Å². The van der Waals surface area contributed by atoms with E-state index in [1.165, 1.54) is 0 Å². The van der Waals surface area contributed by atoms with Crippen molar-refractivity contribution in [2.75, 3.05) is 19.4 Å². The fourth-order valence-electron chi connectivity index (χ4n) is 0.616. The Morgan fingerprint density at radius 1 is 1.60 bits per heavy atom. The molecule has 0 aromatic heterocycles. The lowest BCUT2D eigenvalue weighted by Crippen LogP contribution is -2.23. The second-order valence-electron chi connectivity index (χ2n) is 1.96. The van der Waals surface area contributed by atoms with E-state index >= 15 is 0 Å². The van der Waals surface area contributed by atoms with Gasteiger partial charge in [-0.15, -0.1) is 0 Å². The van der Waals surface area contributed by atoms with Gasteiger partial charge in [0.1, 0.15) is 0 Å². The molecule has 1 saturated heterocycles. The lowest BCUT2D eigenvalue weighted by atomic mass is 10.9. The second kappa shape index (κ2) is 2.57. The fourth-order valence-corrected chi connectivity index (χ4v) is 3.65. The third kappa shape index (κ3) is 1.36. The minimum atomic E-state index is -3.82. The molecule has 1 aliphatic heterocycles. The largest absolute Gasteiger partial charge is 0.335 e. The molecule has 0 amide bonds. The van der Waals surface area contributed by atoms with Crippen molar-refractivity contribution >= 4 is 22.9 Å². The highest BCUT2D eigenvalue weighted by Gasteiger charge is 2.32. The number of carbonyl (C=O) groups excluding carboxylic acids is 1. The molecule has 0 N–H and O–H groups in total. The summed E-state index contributed by atoms with van der Waals surface area (Å²) in [4.78, 5) is 10.0. The molecule has 1 unspecified atom stereocenters. The zero-order valence-corrected chi connectivity index (χ0v) is 7.11. The molecule has 1 rings (SSSR count). The number of hydrogen-bond donors (Lipinski definition) is 0. The van der Waals surface area contributed by atoms with E-state index in [1.54, 1.807) is 6.66 Å². The summed E-state index contributed by atoms with van der Waals surface area (Å²) >= 11 is 0. The molecule has 0 radical (unpaired) electrons. The first-order chi connectivity index (χ1) is 4.54. The summed E-state index contributed by atoms with van der Waals surface area (Å²) in [7, 11) is -4.81. The molecule has 0 aromatic carbocycles. The maximum absolute atomic E-state index is 10.8. The molecular weight excluding hydrogens is 175 g/mol. The first-order valence-electron chi connectivity index (χ1n) is 2.68. The number of hydrogen-bond acceptors (Lipinski definition) is 4. The highest BCUT2D eigenvalue weighted by molar-refractivity contribution is 8.17. The summed E-state index contributed by atoms with van der Waals surface area (Å²) in [6.45, 7) is 1.81. The first kappa shape index (κ1) is 8.11. The molecule has 4 nitrogen and oxygen atoms in total. The van der Waals surface area contributed by atoms with Crippen molar-refractivity contribution in [1.82, 2.24) is 0 Å². The molecule has 6 heteroatoms. The summed E-state index contributed by atoms with van der Waals surface area (Å²) in [6.07, 6.45) is 0.563. The Hall–Kier alpha value is 0.0100. The van der Waals surface area contributed by atoms with E-state index in [0.717, 1.165) is 0 Å². The molecule has 1 fully saturated rings. The van der Waals surface area contributed by atoms with Gasteiger partial charge < -0.3 is 0 Å². The van der Waals surface area contributed by atoms with E-state index in [2.05, 4.69) is 4.18 Å². The van der Waals surface area contributed by atoms with Gasteiger partial charge in [-0.1, -0.05) is 0 Å². The van der Waals surface area contributed by atoms with E-state index in [0.29, 0.717) is 6.16 Å². The van der Waals surface area contributed by atoms with Gasteiger partial charge in [0.05, 0.1) is 6.61 Å². The van der Waals surface area contributed by atoms with E-state index in [9.17, 15) is 13.2 Å². The predicted molar refractivity (Wildman–Crippen MR) is 38.0 cm³/mol. The minimum Gasteiger partial charge on any atom is -0.274 e. The molecular formula is C4H7O4PS. The zero-order valence-electron chi connectivity index (χ0n) is 5.40. The van der Waals surface area contributed by atoms with Gasteiger partial charge in [-0.25, -0.2) is 0 Å². The SMILES string of the molecule is CP1CCOS(=O)(=O)C1=O. The lowest BCUT2D eigenvalue weighted by molar-refractivity contribution is 0.264. The highest BCUT2D eigenvalue weighted by atomic mass is 32.2. The van der Waals surface area contributed by atoms with Crippen molar-refractivity contribution in [1.29, 1.82) is 0 Å². The minimum absolute atomic E-state index is 0.163. The molecule has 1 aliphatic rings. The Morgan fingerprint density at radius 3 is 2.60 bits per heavy atom. The third-order valence-electron chi connectivity index (χ3n) is 1.19. The second-order valence-corrected chi connectivity index (χ2v) is 6.03. The normalized spacial score (nSPS) is 32.1. The summed E-state index contributed by atoms with van der Waals surface area (Å²) < 4.78 is 25.6. The van der Waals surface area contributed by atoms with Crippen LogP contribution >= 0.6 is 7.92 Å². The van der Waals surface area contributed by atoms with Crippen molar-refractivity contribution in [2.24, 2.45) is 0 Å². The van der Waals surface area contributed by atoms with Crippen LogP contribution in [-0.4, -0.2) is 32.7 Å². The standard InChI is InChI=1S/C4H7O4PS/c1-9-3-2-8-10(6,7)4(9)5/h2-3H2,1H3. The van der Waals surface area contributed by atoms with Crippen LogP contribution in [0, 0.1) is 0 Å². The predicted octanol–water partition coefficient (Wildman–Crippen LogP) is 0.578. The van der Waals surface area contributed by atoms with Crippen molar-refractivity contribution in [3.63, 3.8) is 0 Å². The quantitative estimate of drug-likeness (QED) is 0.406. The van der Waals surface area contributed by atoms with E-state index in [4.69, 9.17) is 0 Å². The molecule has 0 saturated carbocycles. The van der Waals surface area contributed by atoms with E-state index < -0.39 is 22.9 Å². The van der Waals surface area contributed by atoms with Gasteiger partial charge in [0, 0.05) is 6.16 Å². The van der Waals surface area contributed by atoms with Crippen LogP contribution in [0.15, 0.2) is 0 Å².